The van der Waals surface area contributed by atoms with E-state index in [0.717, 1.165) is 0 Å². The number of aromatic nitrogens is 1. The zero-order chi connectivity index (χ0) is 16.7. The van der Waals surface area contributed by atoms with E-state index in [9.17, 15) is 9.59 Å². The molecule has 1 amide bonds. The number of piperidine rings is 1. The quantitative estimate of drug-likeness (QED) is 0.821. The molecule has 2 saturated heterocycles. The first-order valence-electron chi connectivity index (χ1n) is 7.91. The molecule has 7 nitrogen and oxygen atoms in total. The zero-order valence-electron chi connectivity index (χ0n) is 13.0. The van der Waals surface area contributed by atoms with Crippen LogP contribution >= 0.6 is 11.6 Å². The minimum Gasteiger partial charge on any atom is -0.408 e. The van der Waals surface area contributed by atoms with Crippen LogP contribution in [0.15, 0.2) is 27.4 Å². The first kappa shape index (κ1) is 15.7. The molecule has 2 aliphatic heterocycles. The SMILES string of the molecule is O=C(Cn1c(=O)oc2cc(Cl)ccc21)N1CCC2(CC1)OCCO2. The molecule has 24 heavy (non-hydrogen) atoms. The molecule has 0 N–H and O–H groups in total. The second-order valence-electron chi connectivity index (χ2n) is 6.05. The van der Waals surface area contributed by atoms with Crippen molar-refractivity contribution < 1.29 is 18.7 Å². The van der Waals surface area contributed by atoms with Crippen LogP contribution in [0.5, 0.6) is 0 Å². The Morgan fingerprint density at radius 3 is 2.62 bits per heavy atom. The molecule has 0 saturated carbocycles. The monoisotopic (exact) mass is 352 g/mol. The summed E-state index contributed by atoms with van der Waals surface area (Å²) in [6, 6.07) is 4.92. The molecule has 0 unspecified atom stereocenters. The van der Waals surface area contributed by atoms with Crippen LogP contribution in [0.1, 0.15) is 12.8 Å². The average molecular weight is 353 g/mol. The van der Waals surface area contributed by atoms with Crippen LogP contribution in [-0.4, -0.2) is 47.5 Å². The van der Waals surface area contributed by atoms with Gasteiger partial charge in [0.25, 0.3) is 0 Å². The lowest BCUT2D eigenvalue weighted by atomic mass is 10.0. The van der Waals surface area contributed by atoms with Gasteiger partial charge >= 0.3 is 5.76 Å². The molecule has 0 atom stereocenters. The van der Waals surface area contributed by atoms with Gasteiger partial charge in [0.15, 0.2) is 11.4 Å². The predicted octanol–water partition coefficient (Wildman–Crippen LogP) is 1.61. The summed E-state index contributed by atoms with van der Waals surface area (Å²) in [5.41, 5.74) is 0.944. The lowest BCUT2D eigenvalue weighted by molar-refractivity contribution is -0.187. The molecule has 2 fully saturated rings. The van der Waals surface area contributed by atoms with Gasteiger partial charge in [-0.05, 0) is 12.1 Å². The van der Waals surface area contributed by atoms with Crippen molar-refractivity contribution in [1.29, 1.82) is 0 Å². The summed E-state index contributed by atoms with van der Waals surface area (Å²) in [6.45, 7) is 2.26. The first-order valence-corrected chi connectivity index (χ1v) is 8.29. The van der Waals surface area contributed by atoms with Crippen LogP contribution in [0, 0.1) is 0 Å². The third-order valence-corrected chi connectivity index (χ3v) is 4.85. The lowest BCUT2D eigenvalue weighted by Crippen LogP contribution is -2.48. The van der Waals surface area contributed by atoms with Gasteiger partial charge in [0.05, 0.1) is 18.7 Å². The maximum atomic E-state index is 12.5. The number of nitrogens with zero attached hydrogens (tertiary/aromatic N) is 2. The van der Waals surface area contributed by atoms with Gasteiger partial charge in [0.2, 0.25) is 5.91 Å². The van der Waals surface area contributed by atoms with E-state index in [4.69, 9.17) is 25.5 Å². The third kappa shape index (κ3) is 2.72. The predicted molar refractivity (Wildman–Crippen MR) is 85.9 cm³/mol. The van der Waals surface area contributed by atoms with Crippen LogP contribution in [0.3, 0.4) is 0 Å². The van der Waals surface area contributed by atoms with Crippen LogP contribution in [-0.2, 0) is 20.8 Å². The molecule has 0 bridgehead atoms. The first-order chi connectivity index (χ1) is 11.6. The van der Waals surface area contributed by atoms with E-state index in [-0.39, 0.29) is 12.5 Å². The minimum atomic E-state index is -0.559. The second kappa shape index (κ2) is 5.91. The molecular formula is C16H17ClN2O5. The number of rotatable bonds is 2. The molecule has 4 rings (SSSR count). The number of ether oxygens (including phenoxy) is 2. The van der Waals surface area contributed by atoms with Gasteiger partial charge in [-0.1, -0.05) is 11.6 Å². The van der Waals surface area contributed by atoms with Crippen molar-refractivity contribution in [1.82, 2.24) is 9.47 Å². The molecule has 0 radical (unpaired) electrons. The third-order valence-electron chi connectivity index (χ3n) is 4.62. The van der Waals surface area contributed by atoms with E-state index in [1.54, 1.807) is 23.1 Å². The highest BCUT2D eigenvalue weighted by molar-refractivity contribution is 6.31. The molecule has 1 aromatic heterocycles. The Morgan fingerprint density at radius 1 is 1.21 bits per heavy atom. The molecule has 2 aromatic rings. The number of hydrogen-bond acceptors (Lipinski definition) is 5. The number of benzene rings is 1. The Bertz CT molecular complexity index is 827. The molecule has 8 heteroatoms. The maximum Gasteiger partial charge on any atom is 0.420 e. The van der Waals surface area contributed by atoms with E-state index < -0.39 is 11.5 Å². The molecule has 0 aliphatic carbocycles. The largest absolute Gasteiger partial charge is 0.420 e. The maximum absolute atomic E-state index is 12.5. The fraction of sp³-hybridized carbons (Fsp3) is 0.500. The number of carbonyl (C=O) groups excluding carboxylic acids is 1. The van der Waals surface area contributed by atoms with E-state index in [0.29, 0.717) is 55.3 Å². The Kier molecular flexibility index (Phi) is 3.86. The van der Waals surface area contributed by atoms with Crippen LogP contribution in [0.25, 0.3) is 11.1 Å². The van der Waals surface area contributed by atoms with Crippen molar-refractivity contribution in [3.8, 4) is 0 Å². The summed E-state index contributed by atoms with van der Waals surface area (Å²) in [7, 11) is 0. The number of hydrogen-bond donors (Lipinski definition) is 0. The summed E-state index contributed by atoms with van der Waals surface area (Å²) in [5, 5.41) is 0.479. The number of fused-ring (bicyclic) bond motifs is 1. The van der Waals surface area contributed by atoms with Crippen molar-refractivity contribution in [2.45, 2.75) is 25.2 Å². The Labute approximate surface area is 142 Å². The van der Waals surface area contributed by atoms with E-state index in [2.05, 4.69) is 0 Å². The number of amides is 1. The fourth-order valence-corrected chi connectivity index (χ4v) is 3.47. The lowest BCUT2D eigenvalue weighted by Gasteiger charge is -2.37. The highest BCUT2D eigenvalue weighted by Gasteiger charge is 2.40. The smallest absolute Gasteiger partial charge is 0.408 e. The van der Waals surface area contributed by atoms with Gasteiger partial charge in [-0.15, -0.1) is 0 Å². The fourth-order valence-electron chi connectivity index (χ4n) is 3.31. The second-order valence-corrected chi connectivity index (χ2v) is 6.49. The van der Waals surface area contributed by atoms with Crippen LogP contribution < -0.4 is 5.76 Å². The molecule has 2 aliphatic rings. The van der Waals surface area contributed by atoms with Gasteiger partial charge in [-0.3, -0.25) is 9.36 Å². The van der Waals surface area contributed by atoms with Gasteiger partial charge in [-0.2, -0.15) is 0 Å². The van der Waals surface area contributed by atoms with Crippen molar-refractivity contribution >= 4 is 28.6 Å². The van der Waals surface area contributed by atoms with E-state index >= 15 is 0 Å². The van der Waals surface area contributed by atoms with E-state index in [1.165, 1.54) is 4.57 Å². The van der Waals surface area contributed by atoms with Crippen LogP contribution in [0.4, 0.5) is 0 Å². The molecule has 1 spiro atoms. The number of carbonyl (C=O) groups is 1. The van der Waals surface area contributed by atoms with Gasteiger partial charge < -0.3 is 18.8 Å². The molecular weight excluding hydrogens is 336 g/mol. The zero-order valence-corrected chi connectivity index (χ0v) is 13.8. The Balaban J connectivity index is 1.49. The number of likely N-dealkylation sites (tertiary alicyclic amines) is 1. The number of halogens is 1. The summed E-state index contributed by atoms with van der Waals surface area (Å²) >= 11 is 5.90. The minimum absolute atomic E-state index is 0.0534. The Hall–Kier alpha value is -1.83. The molecule has 1 aromatic carbocycles. The van der Waals surface area contributed by atoms with Crippen LogP contribution in [0.2, 0.25) is 5.02 Å². The van der Waals surface area contributed by atoms with Gasteiger partial charge in [0.1, 0.15) is 6.54 Å². The highest BCUT2D eigenvalue weighted by Crippen LogP contribution is 2.31. The average Bonchev–Trinajstić information content (AvgIpc) is 3.13. The standard InChI is InChI=1S/C16H17ClN2O5/c17-11-1-2-12-13(9-11)24-15(21)19(12)10-14(20)18-5-3-16(4-6-18)22-7-8-23-16/h1-2,9H,3-8,10H2. The topological polar surface area (TPSA) is 73.9 Å². The van der Waals surface area contributed by atoms with Crippen molar-refractivity contribution in [3.05, 3.63) is 33.8 Å². The van der Waals surface area contributed by atoms with Gasteiger partial charge in [0, 0.05) is 37.0 Å². The van der Waals surface area contributed by atoms with Crippen molar-refractivity contribution in [2.75, 3.05) is 26.3 Å². The summed E-state index contributed by atoms with van der Waals surface area (Å²) in [5.74, 6) is -1.20. The highest BCUT2D eigenvalue weighted by atomic mass is 35.5. The number of oxazole rings is 1. The van der Waals surface area contributed by atoms with Gasteiger partial charge in [-0.25, -0.2) is 4.79 Å². The summed E-state index contributed by atoms with van der Waals surface area (Å²) in [4.78, 5) is 26.3. The molecule has 3 heterocycles. The molecule has 128 valence electrons. The summed E-state index contributed by atoms with van der Waals surface area (Å²) in [6.07, 6.45) is 1.30. The normalized spacial score (nSPS) is 20.1. The van der Waals surface area contributed by atoms with Crippen molar-refractivity contribution in [2.24, 2.45) is 0 Å². The summed E-state index contributed by atoms with van der Waals surface area (Å²) < 4.78 is 17.8. The Morgan fingerprint density at radius 2 is 1.92 bits per heavy atom. The van der Waals surface area contributed by atoms with E-state index in [1.807, 2.05) is 0 Å². The van der Waals surface area contributed by atoms with Crippen molar-refractivity contribution in [3.63, 3.8) is 0 Å².